The van der Waals surface area contributed by atoms with Gasteiger partial charge >= 0.3 is 0 Å². The van der Waals surface area contributed by atoms with Crippen molar-refractivity contribution in [2.45, 2.75) is 45.3 Å². The number of nitrogens with zero attached hydrogens (tertiary/aromatic N) is 3. The summed E-state index contributed by atoms with van der Waals surface area (Å²) in [5, 5.41) is 4.27. The van der Waals surface area contributed by atoms with Gasteiger partial charge in [-0.15, -0.1) is 0 Å². The number of pyridine rings is 1. The van der Waals surface area contributed by atoms with Crippen molar-refractivity contribution in [2.24, 2.45) is 0 Å². The van der Waals surface area contributed by atoms with Crippen molar-refractivity contribution in [3.63, 3.8) is 0 Å². The van der Waals surface area contributed by atoms with Gasteiger partial charge in [0.1, 0.15) is 5.82 Å². The first kappa shape index (κ1) is 16.5. The monoisotopic (exact) mass is 310 g/mol. The Hall–Kier alpha value is -0.840. The summed E-state index contributed by atoms with van der Waals surface area (Å²) in [4.78, 5) is 9.07. The summed E-state index contributed by atoms with van der Waals surface area (Å²) in [5.41, 5.74) is 1.14. The number of hydrogen-bond acceptors (Lipinski definition) is 4. The van der Waals surface area contributed by atoms with Crippen LogP contribution in [-0.2, 0) is 6.54 Å². The average molecular weight is 311 g/mol. The van der Waals surface area contributed by atoms with E-state index in [0.717, 1.165) is 36.0 Å². The molecule has 1 N–H and O–H groups in total. The van der Waals surface area contributed by atoms with Gasteiger partial charge in [0.05, 0.1) is 5.02 Å². The molecule has 1 saturated carbocycles. The fourth-order valence-electron chi connectivity index (χ4n) is 2.63. The first-order valence-electron chi connectivity index (χ1n) is 7.80. The van der Waals surface area contributed by atoms with Crippen LogP contribution < -0.4 is 10.2 Å². The van der Waals surface area contributed by atoms with Crippen LogP contribution in [0.25, 0.3) is 0 Å². The van der Waals surface area contributed by atoms with E-state index in [1.807, 2.05) is 0 Å². The lowest BCUT2D eigenvalue weighted by Crippen LogP contribution is -2.40. The van der Waals surface area contributed by atoms with Gasteiger partial charge in [-0.3, -0.25) is 0 Å². The zero-order chi connectivity index (χ0) is 15.4. The van der Waals surface area contributed by atoms with Crippen LogP contribution in [0.2, 0.25) is 5.02 Å². The molecule has 0 radical (unpaired) electrons. The molecule has 1 aromatic heterocycles. The van der Waals surface area contributed by atoms with Crippen molar-refractivity contribution < 1.29 is 0 Å². The fourth-order valence-corrected chi connectivity index (χ4v) is 2.80. The Labute approximate surface area is 133 Å². The lowest BCUT2D eigenvalue weighted by atomic mass is 10.2. The maximum atomic E-state index is 6.28. The maximum Gasteiger partial charge on any atom is 0.129 e. The molecule has 0 bridgehead atoms. The second-order valence-corrected chi connectivity index (χ2v) is 6.59. The van der Waals surface area contributed by atoms with E-state index in [2.05, 4.69) is 54.1 Å². The van der Waals surface area contributed by atoms with Crippen LogP contribution in [-0.4, -0.2) is 49.2 Å². The SMILES string of the molecule is CCN(c1cc(CNC2CC2)c(Cl)cn1)C(C)CN(C)C. The molecule has 0 spiro atoms. The van der Waals surface area contributed by atoms with Crippen molar-refractivity contribution in [3.05, 3.63) is 22.8 Å². The summed E-state index contributed by atoms with van der Waals surface area (Å²) < 4.78 is 0. The van der Waals surface area contributed by atoms with E-state index in [1.54, 1.807) is 6.20 Å². The van der Waals surface area contributed by atoms with E-state index in [-0.39, 0.29) is 0 Å². The van der Waals surface area contributed by atoms with Crippen LogP contribution in [0.5, 0.6) is 0 Å². The van der Waals surface area contributed by atoms with Crippen LogP contribution in [0.3, 0.4) is 0 Å². The zero-order valence-electron chi connectivity index (χ0n) is 13.6. The normalized spacial score (nSPS) is 16.3. The first-order valence-corrected chi connectivity index (χ1v) is 8.18. The zero-order valence-corrected chi connectivity index (χ0v) is 14.3. The number of nitrogens with one attached hydrogen (secondary N) is 1. The predicted octanol–water partition coefficient (Wildman–Crippen LogP) is 2.76. The van der Waals surface area contributed by atoms with Gasteiger partial charge in [-0.05, 0) is 52.4 Å². The summed E-state index contributed by atoms with van der Waals surface area (Å²) in [6.07, 6.45) is 4.36. The van der Waals surface area contributed by atoms with Gasteiger partial charge in [0.15, 0.2) is 0 Å². The summed E-state index contributed by atoms with van der Waals surface area (Å²) in [7, 11) is 4.20. The van der Waals surface area contributed by atoms with Crippen LogP contribution in [0.1, 0.15) is 32.3 Å². The third-order valence-electron chi connectivity index (χ3n) is 3.88. The third-order valence-corrected chi connectivity index (χ3v) is 4.22. The van der Waals surface area contributed by atoms with Gasteiger partial charge in [0.2, 0.25) is 0 Å². The lowest BCUT2D eigenvalue weighted by molar-refractivity contribution is 0.372. The molecular weight excluding hydrogens is 284 g/mol. The molecule has 1 atom stereocenters. The topological polar surface area (TPSA) is 31.4 Å². The highest BCUT2D eigenvalue weighted by Gasteiger charge is 2.21. The number of anilines is 1. The molecule has 0 aromatic carbocycles. The van der Waals surface area contributed by atoms with Crippen molar-refractivity contribution in [1.29, 1.82) is 0 Å². The van der Waals surface area contributed by atoms with Crippen LogP contribution >= 0.6 is 11.6 Å². The van der Waals surface area contributed by atoms with E-state index < -0.39 is 0 Å². The van der Waals surface area contributed by atoms with Crippen LogP contribution in [0.15, 0.2) is 12.3 Å². The van der Waals surface area contributed by atoms with E-state index in [9.17, 15) is 0 Å². The van der Waals surface area contributed by atoms with Crippen molar-refractivity contribution in [3.8, 4) is 0 Å². The molecule has 1 aliphatic carbocycles. The molecule has 1 fully saturated rings. The van der Waals surface area contributed by atoms with E-state index in [4.69, 9.17) is 11.6 Å². The van der Waals surface area contributed by atoms with Crippen LogP contribution in [0.4, 0.5) is 5.82 Å². The first-order chi connectivity index (χ1) is 10.0. The molecule has 0 amide bonds. The highest BCUT2D eigenvalue weighted by Crippen LogP contribution is 2.24. The van der Waals surface area contributed by atoms with Gasteiger partial charge in [-0.1, -0.05) is 11.6 Å². The molecule has 1 heterocycles. The Morgan fingerprint density at radius 1 is 1.43 bits per heavy atom. The smallest absolute Gasteiger partial charge is 0.129 e. The molecule has 2 rings (SSSR count). The second-order valence-electron chi connectivity index (χ2n) is 6.19. The Kier molecular flexibility index (Phi) is 5.85. The number of halogens is 1. The molecule has 0 aliphatic heterocycles. The van der Waals surface area contributed by atoms with Crippen molar-refractivity contribution in [2.75, 3.05) is 32.1 Å². The quantitative estimate of drug-likeness (QED) is 0.800. The molecular formula is C16H27ClN4. The molecule has 4 nitrogen and oxygen atoms in total. The van der Waals surface area contributed by atoms with Gasteiger partial charge in [0, 0.05) is 37.9 Å². The van der Waals surface area contributed by atoms with E-state index >= 15 is 0 Å². The molecule has 1 aliphatic rings. The molecule has 1 unspecified atom stereocenters. The highest BCUT2D eigenvalue weighted by molar-refractivity contribution is 6.31. The number of rotatable bonds is 8. The number of aromatic nitrogens is 1. The Balaban J connectivity index is 2.10. The maximum absolute atomic E-state index is 6.28. The summed E-state index contributed by atoms with van der Waals surface area (Å²) >= 11 is 6.28. The molecule has 5 heteroatoms. The van der Waals surface area contributed by atoms with Gasteiger partial charge in [-0.25, -0.2) is 4.98 Å². The van der Waals surface area contributed by atoms with E-state index in [0.29, 0.717) is 12.1 Å². The van der Waals surface area contributed by atoms with Crippen LogP contribution in [0, 0.1) is 0 Å². The van der Waals surface area contributed by atoms with Gasteiger partial charge in [-0.2, -0.15) is 0 Å². The Morgan fingerprint density at radius 3 is 2.71 bits per heavy atom. The minimum Gasteiger partial charge on any atom is -0.353 e. The van der Waals surface area contributed by atoms with E-state index in [1.165, 1.54) is 12.8 Å². The predicted molar refractivity (Wildman–Crippen MR) is 90.1 cm³/mol. The Bertz CT molecular complexity index is 460. The summed E-state index contributed by atoms with van der Waals surface area (Å²) in [6, 6.07) is 3.24. The Morgan fingerprint density at radius 2 is 2.14 bits per heavy atom. The largest absolute Gasteiger partial charge is 0.353 e. The summed E-state index contributed by atoms with van der Waals surface area (Å²) in [5.74, 6) is 1.02. The van der Waals surface area contributed by atoms with Crippen molar-refractivity contribution in [1.82, 2.24) is 15.2 Å². The summed E-state index contributed by atoms with van der Waals surface area (Å²) in [6.45, 7) is 7.19. The highest BCUT2D eigenvalue weighted by atomic mass is 35.5. The number of likely N-dealkylation sites (N-methyl/N-ethyl adjacent to an activating group) is 2. The minimum absolute atomic E-state index is 0.419. The van der Waals surface area contributed by atoms with Gasteiger partial charge in [0.25, 0.3) is 0 Å². The fraction of sp³-hybridized carbons (Fsp3) is 0.688. The molecule has 1 aromatic rings. The minimum atomic E-state index is 0.419. The second kappa shape index (κ2) is 7.43. The standard InChI is InChI=1S/C16H27ClN4/c1-5-21(12(2)11-20(3)4)16-8-13(15(17)10-19-16)9-18-14-6-7-14/h8,10,12,14,18H,5-7,9,11H2,1-4H3. The van der Waals surface area contributed by atoms with Crippen molar-refractivity contribution >= 4 is 17.4 Å². The lowest BCUT2D eigenvalue weighted by Gasteiger charge is -2.31. The molecule has 118 valence electrons. The molecule has 21 heavy (non-hydrogen) atoms. The average Bonchev–Trinajstić information content (AvgIpc) is 3.23. The number of hydrogen-bond donors (Lipinski definition) is 1. The third kappa shape index (κ3) is 4.83. The van der Waals surface area contributed by atoms with Gasteiger partial charge < -0.3 is 15.1 Å². The molecule has 0 saturated heterocycles.